The third-order valence-electron chi connectivity index (χ3n) is 3.37. The average Bonchev–Trinajstić information content (AvgIpc) is 2.57. The molecular formula is C18H17Cl2NO3. The van der Waals surface area contributed by atoms with Crippen molar-refractivity contribution in [3.63, 3.8) is 0 Å². The first-order chi connectivity index (χ1) is 11.4. The van der Waals surface area contributed by atoms with Crippen LogP contribution in [0.15, 0.2) is 42.5 Å². The van der Waals surface area contributed by atoms with Crippen LogP contribution in [0.2, 0.25) is 10.0 Å². The maximum Gasteiger partial charge on any atom is 0.338 e. The number of hydrogen-bond acceptors (Lipinski definition) is 3. The SMILES string of the molecule is CC(C)c1ccc(C(=O)OCC(=O)Nc2cccc(Cl)c2Cl)cc1. The van der Waals surface area contributed by atoms with E-state index in [9.17, 15) is 9.59 Å². The van der Waals surface area contributed by atoms with Crippen LogP contribution < -0.4 is 5.32 Å². The van der Waals surface area contributed by atoms with Gasteiger partial charge in [-0.2, -0.15) is 0 Å². The van der Waals surface area contributed by atoms with Gasteiger partial charge in [0.15, 0.2) is 6.61 Å². The van der Waals surface area contributed by atoms with Gasteiger partial charge in [0.05, 0.1) is 21.3 Å². The van der Waals surface area contributed by atoms with Crippen molar-refractivity contribution in [1.29, 1.82) is 0 Å². The topological polar surface area (TPSA) is 55.4 Å². The highest BCUT2D eigenvalue weighted by molar-refractivity contribution is 6.44. The van der Waals surface area contributed by atoms with Gasteiger partial charge in [-0.05, 0) is 35.7 Å². The van der Waals surface area contributed by atoms with E-state index in [0.717, 1.165) is 5.56 Å². The summed E-state index contributed by atoms with van der Waals surface area (Å²) in [5.74, 6) is -0.674. The molecule has 2 rings (SSSR count). The number of halogens is 2. The lowest BCUT2D eigenvalue weighted by Crippen LogP contribution is -2.21. The molecule has 0 radical (unpaired) electrons. The molecule has 0 heterocycles. The molecule has 1 N–H and O–H groups in total. The molecule has 2 aromatic carbocycles. The first-order valence-corrected chi connectivity index (χ1v) is 8.15. The predicted molar refractivity (Wildman–Crippen MR) is 95.9 cm³/mol. The van der Waals surface area contributed by atoms with E-state index in [1.807, 2.05) is 12.1 Å². The Kier molecular flexibility index (Phi) is 6.23. The molecule has 0 fully saturated rings. The minimum atomic E-state index is -0.558. The Bertz CT molecular complexity index is 742. The van der Waals surface area contributed by atoms with Crippen LogP contribution in [0.4, 0.5) is 5.69 Å². The molecule has 0 saturated heterocycles. The highest BCUT2D eigenvalue weighted by Gasteiger charge is 2.12. The summed E-state index contributed by atoms with van der Waals surface area (Å²) in [5, 5.41) is 3.12. The number of rotatable bonds is 5. The zero-order valence-electron chi connectivity index (χ0n) is 13.3. The van der Waals surface area contributed by atoms with Gasteiger partial charge in [-0.1, -0.05) is 55.2 Å². The van der Waals surface area contributed by atoms with Crippen molar-refractivity contribution in [2.24, 2.45) is 0 Å². The summed E-state index contributed by atoms with van der Waals surface area (Å²) in [7, 11) is 0. The van der Waals surface area contributed by atoms with Crippen molar-refractivity contribution in [2.45, 2.75) is 19.8 Å². The summed E-state index contributed by atoms with van der Waals surface area (Å²) in [6.45, 7) is 3.73. The van der Waals surface area contributed by atoms with E-state index in [0.29, 0.717) is 22.2 Å². The Morgan fingerprint density at radius 1 is 1.08 bits per heavy atom. The molecule has 0 spiro atoms. The van der Waals surface area contributed by atoms with Gasteiger partial charge in [0.2, 0.25) is 0 Å². The van der Waals surface area contributed by atoms with Crippen LogP contribution in [0.5, 0.6) is 0 Å². The molecule has 0 unspecified atom stereocenters. The Morgan fingerprint density at radius 2 is 1.75 bits per heavy atom. The summed E-state index contributed by atoms with van der Waals surface area (Å²) in [4.78, 5) is 23.8. The van der Waals surface area contributed by atoms with Crippen LogP contribution in [0.25, 0.3) is 0 Å². The van der Waals surface area contributed by atoms with Gasteiger partial charge in [0.25, 0.3) is 5.91 Å². The number of carbonyl (C=O) groups excluding carboxylic acids is 2. The molecule has 0 aromatic heterocycles. The van der Waals surface area contributed by atoms with Crippen LogP contribution in [0.1, 0.15) is 35.7 Å². The number of anilines is 1. The number of carbonyl (C=O) groups is 2. The van der Waals surface area contributed by atoms with Crippen molar-refractivity contribution in [3.8, 4) is 0 Å². The van der Waals surface area contributed by atoms with E-state index in [1.165, 1.54) is 0 Å². The smallest absolute Gasteiger partial charge is 0.338 e. The molecule has 0 aliphatic rings. The highest BCUT2D eigenvalue weighted by Crippen LogP contribution is 2.29. The monoisotopic (exact) mass is 365 g/mol. The largest absolute Gasteiger partial charge is 0.452 e. The van der Waals surface area contributed by atoms with Crippen molar-refractivity contribution in [2.75, 3.05) is 11.9 Å². The summed E-state index contributed by atoms with van der Waals surface area (Å²) >= 11 is 11.9. The molecule has 6 heteroatoms. The third-order valence-corrected chi connectivity index (χ3v) is 4.19. The summed E-state index contributed by atoms with van der Waals surface area (Å²) in [6.07, 6.45) is 0. The molecule has 2 aromatic rings. The second-order valence-electron chi connectivity index (χ2n) is 5.50. The summed E-state index contributed by atoms with van der Waals surface area (Å²) < 4.78 is 5.01. The van der Waals surface area contributed by atoms with Gasteiger partial charge >= 0.3 is 5.97 Å². The van der Waals surface area contributed by atoms with Gasteiger partial charge < -0.3 is 10.1 Å². The van der Waals surface area contributed by atoms with Gasteiger partial charge in [-0.25, -0.2) is 4.79 Å². The molecule has 4 nitrogen and oxygen atoms in total. The van der Waals surface area contributed by atoms with E-state index in [2.05, 4.69) is 19.2 Å². The van der Waals surface area contributed by atoms with Crippen molar-refractivity contribution < 1.29 is 14.3 Å². The Morgan fingerprint density at radius 3 is 2.38 bits per heavy atom. The molecule has 0 bridgehead atoms. The lowest BCUT2D eigenvalue weighted by molar-refractivity contribution is -0.119. The van der Waals surface area contributed by atoms with E-state index in [1.54, 1.807) is 30.3 Å². The number of esters is 1. The lowest BCUT2D eigenvalue weighted by atomic mass is 10.0. The quantitative estimate of drug-likeness (QED) is 0.765. The number of amides is 1. The molecule has 1 amide bonds. The molecule has 24 heavy (non-hydrogen) atoms. The fourth-order valence-corrected chi connectivity index (χ4v) is 2.35. The Balaban J connectivity index is 1.91. The van der Waals surface area contributed by atoms with Crippen LogP contribution in [0, 0.1) is 0 Å². The molecular weight excluding hydrogens is 349 g/mol. The highest BCUT2D eigenvalue weighted by atomic mass is 35.5. The van der Waals surface area contributed by atoms with E-state index >= 15 is 0 Å². The Hall–Kier alpha value is -2.04. The molecule has 0 aliphatic carbocycles. The number of nitrogens with one attached hydrogen (secondary N) is 1. The second-order valence-corrected chi connectivity index (χ2v) is 6.29. The third kappa shape index (κ3) is 4.73. The first kappa shape index (κ1) is 18.3. The maximum atomic E-state index is 12.0. The van der Waals surface area contributed by atoms with E-state index in [4.69, 9.17) is 27.9 Å². The number of benzene rings is 2. The standard InChI is InChI=1S/C18H17Cl2NO3/c1-11(2)12-6-8-13(9-7-12)18(23)24-10-16(22)21-15-5-3-4-14(19)17(15)20/h3-9,11H,10H2,1-2H3,(H,21,22). The van der Waals surface area contributed by atoms with Gasteiger partial charge in [0, 0.05) is 0 Å². The van der Waals surface area contributed by atoms with E-state index in [-0.39, 0.29) is 5.02 Å². The van der Waals surface area contributed by atoms with Crippen molar-refractivity contribution in [1.82, 2.24) is 0 Å². The Labute approximate surface area is 150 Å². The summed E-state index contributed by atoms with van der Waals surface area (Å²) in [6, 6.07) is 12.0. The van der Waals surface area contributed by atoms with Crippen LogP contribution in [-0.2, 0) is 9.53 Å². The van der Waals surface area contributed by atoms with Crippen LogP contribution >= 0.6 is 23.2 Å². The second kappa shape index (κ2) is 8.18. The molecule has 0 aliphatic heterocycles. The van der Waals surface area contributed by atoms with Gasteiger partial charge in [0.1, 0.15) is 0 Å². The zero-order valence-corrected chi connectivity index (χ0v) is 14.8. The van der Waals surface area contributed by atoms with Gasteiger partial charge in [-0.15, -0.1) is 0 Å². The normalized spacial score (nSPS) is 10.5. The minimum Gasteiger partial charge on any atom is -0.452 e. The van der Waals surface area contributed by atoms with Crippen molar-refractivity contribution >= 4 is 40.8 Å². The fourth-order valence-electron chi connectivity index (χ4n) is 2.01. The predicted octanol–water partition coefficient (Wildman–Crippen LogP) is 4.91. The first-order valence-electron chi connectivity index (χ1n) is 7.39. The summed E-state index contributed by atoms with van der Waals surface area (Å²) in [5.41, 5.74) is 1.89. The molecule has 0 saturated carbocycles. The zero-order chi connectivity index (χ0) is 17.7. The fraction of sp³-hybridized carbons (Fsp3) is 0.222. The van der Waals surface area contributed by atoms with Crippen LogP contribution in [-0.4, -0.2) is 18.5 Å². The number of ether oxygens (including phenoxy) is 1. The minimum absolute atomic E-state index is 0.239. The van der Waals surface area contributed by atoms with Crippen molar-refractivity contribution in [3.05, 3.63) is 63.6 Å². The molecule has 126 valence electrons. The molecule has 0 atom stereocenters. The van der Waals surface area contributed by atoms with E-state index < -0.39 is 18.5 Å². The van der Waals surface area contributed by atoms with Crippen LogP contribution in [0.3, 0.4) is 0 Å². The maximum absolute atomic E-state index is 12.0. The number of hydrogen-bond donors (Lipinski definition) is 1. The van der Waals surface area contributed by atoms with Gasteiger partial charge in [-0.3, -0.25) is 4.79 Å². The lowest BCUT2D eigenvalue weighted by Gasteiger charge is -2.09. The average molecular weight is 366 g/mol.